The Morgan fingerprint density at radius 3 is 2.59 bits per heavy atom. The van der Waals surface area contributed by atoms with Crippen molar-refractivity contribution in [1.82, 2.24) is 24.9 Å². The largest absolute Gasteiger partial charge is 0.342 e. The summed E-state index contributed by atoms with van der Waals surface area (Å²) in [4.78, 5) is 13.9. The number of likely N-dealkylation sites (tertiary alicyclic amines) is 1. The lowest BCUT2D eigenvalue weighted by Gasteiger charge is -2.14. The molecule has 0 atom stereocenters. The molecule has 1 fully saturated rings. The summed E-state index contributed by atoms with van der Waals surface area (Å²) in [5, 5.41) is 13.5. The Morgan fingerprint density at radius 2 is 2.00 bits per heavy atom. The lowest BCUT2D eigenvalue weighted by Crippen LogP contribution is -2.29. The predicted octanol–water partition coefficient (Wildman–Crippen LogP) is 1.99. The van der Waals surface area contributed by atoms with Crippen LogP contribution < -0.4 is 0 Å². The van der Waals surface area contributed by atoms with E-state index in [1.54, 1.807) is 4.68 Å². The average molecular weight is 317 g/mol. The van der Waals surface area contributed by atoms with Crippen LogP contribution >= 0.6 is 11.8 Å². The molecular formula is C15H19N5OS. The third kappa shape index (κ3) is 3.30. The molecule has 0 spiro atoms. The second-order valence-corrected chi connectivity index (χ2v) is 6.44. The van der Waals surface area contributed by atoms with Crippen molar-refractivity contribution in [3.05, 3.63) is 29.6 Å². The van der Waals surface area contributed by atoms with Crippen molar-refractivity contribution >= 4 is 17.7 Å². The molecule has 0 N–H and O–H groups in total. The van der Waals surface area contributed by atoms with Crippen LogP contribution in [0, 0.1) is 13.8 Å². The van der Waals surface area contributed by atoms with Gasteiger partial charge in [0, 0.05) is 18.8 Å². The number of hydrogen-bond donors (Lipinski definition) is 0. The molecule has 3 rings (SSSR count). The maximum Gasteiger partial charge on any atom is 0.232 e. The summed E-state index contributed by atoms with van der Waals surface area (Å²) in [7, 11) is 0. The number of aryl methyl sites for hydroxylation is 2. The van der Waals surface area contributed by atoms with E-state index >= 15 is 0 Å². The number of carbonyl (C=O) groups is 1. The van der Waals surface area contributed by atoms with Gasteiger partial charge in [0.2, 0.25) is 5.91 Å². The Labute approximate surface area is 133 Å². The second-order valence-electron chi connectivity index (χ2n) is 5.45. The third-order valence-corrected chi connectivity index (χ3v) is 4.56. The number of hydrogen-bond acceptors (Lipinski definition) is 5. The number of amides is 1. The fourth-order valence-electron chi connectivity index (χ4n) is 2.56. The Morgan fingerprint density at radius 1 is 1.23 bits per heavy atom. The highest BCUT2D eigenvalue weighted by atomic mass is 32.2. The first kappa shape index (κ1) is 15.0. The van der Waals surface area contributed by atoms with Crippen LogP contribution in [-0.2, 0) is 4.79 Å². The molecule has 0 radical (unpaired) electrons. The van der Waals surface area contributed by atoms with Gasteiger partial charge in [-0.1, -0.05) is 11.8 Å². The van der Waals surface area contributed by atoms with E-state index in [2.05, 4.69) is 15.3 Å². The van der Waals surface area contributed by atoms with E-state index in [4.69, 9.17) is 0 Å². The van der Waals surface area contributed by atoms with Crippen LogP contribution in [-0.4, -0.2) is 49.6 Å². The van der Waals surface area contributed by atoms with Gasteiger partial charge >= 0.3 is 0 Å². The number of nitrogens with zero attached hydrogens (tertiary/aromatic N) is 5. The normalized spacial score (nSPS) is 14.5. The highest BCUT2D eigenvalue weighted by Crippen LogP contribution is 2.18. The zero-order valence-corrected chi connectivity index (χ0v) is 13.6. The van der Waals surface area contributed by atoms with E-state index in [-0.39, 0.29) is 5.91 Å². The van der Waals surface area contributed by atoms with Gasteiger partial charge in [-0.2, -0.15) is 5.10 Å². The zero-order valence-electron chi connectivity index (χ0n) is 12.8. The first-order valence-electron chi connectivity index (χ1n) is 7.41. The molecule has 0 bridgehead atoms. The number of aromatic nitrogens is 4. The third-order valence-electron chi connectivity index (χ3n) is 3.65. The standard InChI is InChI=1S/C15H19N5OS/c1-11-9-12(2)20(18-11)13-5-6-14(17-16-13)22-10-15(21)19-7-3-4-8-19/h5-6,9H,3-4,7-8,10H2,1-2H3. The van der Waals surface area contributed by atoms with Crippen LogP contribution in [0.2, 0.25) is 0 Å². The van der Waals surface area contributed by atoms with Crippen LogP contribution in [0.4, 0.5) is 0 Å². The summed E-state index contributed by atoms with van der Waals surface area (Å²) in [5.74, 6) is 1.31. The van der Waals surface area contributed by atoms with Gasteiger partial charge in [-0.15, -0.1) is 10.2 Å². The predicted molar refractivity (Wildman–Crippen MR) is 85.2 cm³/mol. The van der Waals surface area contributed by atoms with E-state index in [9.17, 15) is 4.79 Å². The molecule has 2 aromatic heterocycles. The van der Waals surface area contributed by atoms with Crippen molar-refractivity contribution in [2.75, 3.05) is 18.8 Å². The highest BCUT2D eigenvalue weighted by Gasteiger charge is 2.18. The van der Waals surface area contributed by atoms with Gasteiger partial charge in [0.05, 0.1) is 11.4 Å². The molecule has 0 aromatic carbocycles. The maximum absolute atomic E-state index is 12.0. The summed E-state index contributed by atoms with van der Waals surface area (Å²) in [6.07, 6.45) is 2.24. The lowest BCUT2D eigenvalue weighted by atomic mass is 10.4. The van der Waals surface area contributed by atoms with Gasteiger partial charge in [-0.3, -0.25) is 4.79 Å². The Balaban J connectivity index is 1.62. The van der Waals surface area contributed by atoms with Gasteiger partial charge < -0.3 is 4.90 Å². The molecule has 1 aliphatic heterocycles. The molecule has 0 saturated carbocycles. The molecule has 0 aliphatic carbocycles. The molecule has 116 valence electrons. The fourth-order valence-corrected chi connectivity index (χ4v) is 3.27. The molecule has 7 heteroatoms. The van der Waals surface area contributed by atoms with E-state index < -0.39 is 0 Å². The fraction of sp³-hybridized carbons (Fsp3) is 0.467. The minimum atomic E-state index is 0.187. The monoisotopic (exact) mass is 317 g/mol. The van der Waals surface area contributed by atoms with Gasteiger partial charge in [0.1, 0.15) is 5.03 Å². The molecule has 2 aromatic rings. The maximum atomic E-state index is 12.0. The zero-order chi connectivity index (χ0) is 15.5. The molecular weight excluding hydrogens is 298 g/mol. The van der Waals surface area contributed by atoms with Crippen molar-refractivity contribution in [3.63, 3.8) is 0 Å². The lowest BCUT2D eigenvalue weighted by molar-refractivity contribution is -0.127. The number of thioether (sulfide) groups is 1. The van der Waals surface area contributed by atoms with Crippen LogP contribution in [0.5, 0.6) is 0 Å². The molecule has 6 nitrogen and oxygen atoms in total. The first-order chi connectivity index (χ1) is 10.6. The van der Waals surface area contributed by atoms with E-state index in [0.29, 0.717) is 11.6 Å². The van der Waals surface area contributed by atoms with E-state index in [1.807, 2.05) is 36.9 Å². The summed E-state index contributed by atoms with van der Waals surface area (Å²) in [6.45, 7) is 5.72. The molecule has 22 heavy (non-hydrogen) atoms. The minimum absolute atomic E-state index is 0.187. The van der Waals surface area contributed by atoms with Crippen LogP contribution in [0.3, 0.4) is 0 Å². The van der Waals surface area contributed by atoms with Crippen molar-refractivity contribution < 1.29 is 4.79 Å². The number of carbonyl (C=O) groups excluding carboxylic acids is 1. The molecule has 0 unspecified atom stereocenters. The SMILES string of the molecule is Cc1cc(C)n(-c2ccc(SCC(=O)N3CCCC3)nn2)n1. The van der Waals surface area contributed by atoms with Crippen LogP contribution in [0.15, 0.2) is 23.2 Å². The summed E-state index contributed by atoms with van der Waals surface area (Å²) in [6, 6.07) is 5.77. The molecule has 3 heterocycles. The molecule has 1 saturated heterocycles. The van der Waals surface area contributed by atoms with Crippen molar-refractivity contribution in [1.29, 1.82) is 0 Å². The van der Waals surface area contributed by atoms with Crippen molar-refractivity contribution in [2.45, 2.75) is 31.7 Å². The van der Waals surface area contributed by atoms with Crippen molar-refractivity contribution in [3.8, 4) is 5.82 Å². The summed E-state index contributed by atoms with van der Waals surface area (Å²) < 4.78 is 1.77. The van der Waals surface area contributed by atoms with Crippen LogP contribution in [0.25, 0.3) is 5.82 Å². The Bertz CT molecular complexity index is 661. The smallest absolute Gasteiger partial charge is 0.232 e. The molecule has 1 aliphatic rings. The van der Waals surface area contributed by atoms with E-state index in [0.717, 1.165) is 42.3 Å². The van der Waals surface area contributed by atoms with Gasteiger partial charge in [0.15, 0.2) is 5.82 Å². The summed E-state index contributed by atoms with van der Waals surface area (Å²) in [5.41, 5.74) is 1.98. The topological polar surface area (TPSA) is 63.9 Å². The summed E-state index contributed by atoms with van der Waals surface area (Å²) >= 11 is 1.43. The molecule has 1 amide bonds. The van der Waals surface area contributed by atoms with Crippen LogP contribution in [0.1, 0.15) is 24.2 Å². The quantitative estimate of drug-likeness (QED) is 0.807. The second kappa shape index (κ2) is 6.48. The van der Waals surface area contributed by atoms with Crippen molar-refractivity contribution in [2.24, 2.45) is 0 Å². The van der Waals surface area contributed by atoms with Gasteiger partial charge in [0.25, 0.3) is 0 Å². The minimum Gasteiger partial charge on any atom is -0.342 e. The van der Waals surface area contributed by atoms with E-state index in [1.165, 1.54) is 11.8 Å². The first-order valence-corrected chi connectivity index (χ1v) is 8.40. The number of rotatable bonds is 4. The van der Waals surface area contributed by atoms with Gasteiger partial charge in [-0.25, -0.2) is 4.68 Å². The highest BCUT2D eigenvalue weighted by molar-refractivity contribution is 7.99. The van der Waals surface area contributed by atoms with Gasteiger partial charge in [-0.05, 0) is 44.9 Å². The Hall–Kier alpha value is -1.89. The average Bonchev–Trinajstić information content (AvgIpc) is 3.15. The Kier molecular flexibility index (Phi) is 4.42.